The maximum Gasteiger partial charge on any atom is 0.220 e. The monoisotopic (exact) mass is 267 g/mol. The van der Waals surface area contributed by atoms with Gasteiger partial charge in [-0.25, -0.2) is 0 Å². The number of benzene rings is 1. The number of carbonyl (C=O) groups is 1. The van der Waals surface area contributed by atoms with Gasteiger partial charge in [-0.3, -0.25) is 4.79 Å². The van der Waals surface area contributed by atoms with Crippen molar-refractivity contribution in [3.63, 3.8) is 0 Å². The molecule has 2 rings (SSSR count). The Hall–Kier alpha value is -1.02. The molecule has 3 heteroatoms. The Balaban J connectivity index is 0.000000357. The first-order valence-electron chi connectivity index (χ1n) is 6.45. The zero-order valence-corrected chi connectivity index (χ0v) is 12.3. The molecule has 2 nitrogen and oxygen atoms in total. The van der Waals surface area contributed by atoms with E-state index in [9.17, 15) is 4.79 Å². The molecule has 1 aliphatic rings. The Labute approximate surface area is 115 Å². The minimum absolute atomic E-state index is 0.127. The van der Waals surface area contributed by atoms with Gasteiger partial charge < -0.3 is 5.32 Å². The van der Waals surface area contributed by atoms with E-state index >= 15 is 0 Å². The minimum atomic E-state index is 0.127. The third-order valence-electron chi connectivity index (χ3n) is 2.67. The summed E-state index contributed by atoms with van der Waals surface area (Å²) in [7, 11) is 0. The summed E-state index contributed by atoms with van der Waals surface area (Å²) in [5.74, 6) is 1.23. The Morgan fingerprint density at radius 1 is 1.33 bits per heavy atom. The second kappa shape index (κ2) is 6.79. The molecule has 1 heterocycles. The molecule has 0 aliphatic carbocycles. The van der Waals surface area contributed by atoms with Crippen molar-refractivity contribution in [3.05, 3.63) is 34.9 Å². The summed E-state index contributed by atoms with van der Waals surface area (Å²) in [5.41, 5.74) is 1.14. The molecule has 1 aliphatic heterocycles. The first-order valence-corrected chi connectivity index (χ1v) is 6.82. The van der Waals surface area contributed by atoms with Crippen LogP contribution < -0.4 is 5.32 Å². The molecule has 0 spiro atoms. The molecule has 100 valence electrons. The molecule has 0 bridgehead atoms. The number of halogens is 1. The zero-order valence-electron chi connectivity index (χ0n) is 11.5. The molecular formula is C15H22ClNO. The summed E-state index contributed by atoms with van der Waals surface area (Å²) in [4.78, 5) is 11.2. The highest BCUT2D eigenvalue weighted by atomic mass is 35.5. The third kappa shape index (κ3) is 4.69. The fourth-order valence-electron chi connectivity index (χ4n) is 1.93. The lowest BCUT2D eigenvalue weighted by atomic mass is 9.93. The summed E-state index contributed by atoms with van der Waals surface area (Å²) in [6, 6.07) is 7.93. The molecule has 1 aromatic rings. The van der Waals surface area contributed by atoms with E-state index in [-0.39, 0.29) is 17.9 Å². The van der Waals surface area contributed by atoms with E-state index in [0.717, 1.165) is 16.5 Å². The van der Waals surface area contributed by atoms with Crippen LogP contribution in [0.4, 0.5) is 0 Å². The van der Waals surface area contributed by atoms with Crippen LogP contribution in [-0.4, -0.2) is 11.9 Å². The lowest BCUT2D eigenvalue weighted by Gasteiger charge is -2.14. The van der Waals surface area contributed by atoms with Gasteiger partial charge in [-0.2, -0.15) is 0 Å². The van der Waals surface area contributed by atoms with E-state index < -0.39 is 0 Å². The lowest BCUT2D eigenvalue weighted by molar-refractivity contribution is -0.119. The molecule has 0 unspecified atom stereocenters. The van der Waals surface area contributed by atoms with Gasteiger partial charge in [-0.15, -0.1) is 0 Å². The van der Waals surface area contributed by atoms with Gasteiger partial charge in [0, 0.05) is 23.4 Å². The first kappa shape index (κ1) is 15.0. The molecule has 1 saturated heterocycles. The van der Waals surface area contributed by atoms with Gasteiger partial charge in [0.1, 0.15) is 0 Å². The van der Waals surface area contributed by atoms with Crippen LogP contribution >= 0.6 is 11.6 Å². The summed E-state index contributed by atoms with van der Waals surface area (Å²) >= 11 is 5.90. The Morgan fingerprint density at radius 3 is 2.39 bits per heavy atom. The molecule has 1 aromatic carbocycles. The Morgan fingerprint density at radius 2 is 1.94 bits per heavy atom. The number of carbonyl (C=O) groups excluding carboxylic acids is 1. The summed E-state index contributed by atoms with van der Waals surface area (Å²) < 4.78 is 0. The largest absolute Gasteiger partial charge is 0.353 e. The van der Waals surface area contributed by atoms with E-state index in [4.69, 9.17) is 11.6 Å². The van der Waals surface area contributed by atoms with Gasteiger partial charge in [-0.1, -0.05) is 44.5 Å². The predicted molar refractivity (Wildman–Crippen MR) is 76.9 cm³/mol. The standard InChI is InChI=1S/C11H12ClNO.C4H10/c1-7-10(6-11(14)13-7)8-3-2-4-9(12)5-8;1-4(2)3/h2-5,7,10H,6H2,1H3,(H,13,14);4H,1-3H3/t7-,10-;/m1./s1. The van der Waals surface area contributed by atoms with Gasteiger partial charge in [0.05, 0.1) is 0 Å². The van der Waals surface area contributed by atoms with Crippen LogP contribution in [0, 0.1) is 5.92 Å². The lowest BCUT2D eigenvalue weighted by Crippen LogP contribution is -2.24. The minimum Gasteiger partial charge on any atom is -0.353 e. The SMILES string of the molecule is CC(C)C.C[C@H]1NC(=O)C[C@H]1c1cccc(Cl)c1. The molecule has 0 aromatic heterocycles. The normalized spacial score (nSPS) is 22.4. The predicted octanol–water partition coefficient (Wildman–Crippen LogP) is 3.99. The average molecular weight is 268 g/mol. The van der Waals surface area contributed by atoms with Crippen molar-refractivity contribution in [2.45, 2.75) is 46.1 Å². The van der Waals surface area contributed by atoms with Crippen molar-refractivity contribution in [2.24, 2.45) is 5.92 Å². The summed E-state index contributed by atoms with van der Waals surface area (Å²) in [6.45, 7) is 8.52. The maximum atomic E-state index is 11.2. The summed E-state index contributed by atoms with van der Waals surface area (Å²) in [6.07, 6.45) is 0.571. The Bertz CT molecular complexity index is 400. The van der Waals surface area contributed by atoms with Crippen LogP contribution in [0.15, 0.2) is 24.3 Å². The number of nitrogens with one attached hydrogen (secondary N) is 1. The van der Waals surface area contributed by atoms with Crippen molar-refractivity contribution < 1.29 is 4.79 Å². The number of hydrogen-bond donors (Lipinski definition) is 1. The van der Waals surface area contributed by atoms with E-state index in [1.54, 1.807) is 0 Å². The van der Waals surface area contributed by atoms with Crippen LogP contribution in [0.25, 0.3) is 0 Å². The van der Waals surface area contributed by atoms with Crippen LogP contribution in [0.1, 0.15) is 45.6 Å². The topological polar surface area (TPSA) is 29.1 Å². The van der Waals surface area contributed by atoms with E-state index in [2.05, 4.69) is 26.1 Å². The third-order valence-corrected chi connectivity index (χ3v) is 2.91. The first-order chi connectivity index (χ1) is 8.40. The highest BCUT2D eigenvalue weighted by Crippen LogP contribution is 2.29. The zero-order chi connectivity index (χ0) is 13.7. The second-order valence-corrected chi connectivity index (χ2v) is 5.89. The quantitative estimate of drug-likeness (QED) is 0.819. The number of hydrogen-bond acceptors (Lipinski definition) is 1. The van der Waals surface area contributed by atoms with Crippen molar-refractivity contribution in [1.29, 1.82) is 0 Å². The van der Waals surface area contributed by atoms with E-state index in [1.165, 1.54) is 0 Å². The van der Waals surface area contributed by atoms with Gasteiger partial charge in [0.25, 0.3) is 0 Å². The molecule has 0 saturated carbocycles. The van der Waals surface area contributed by atoms with Crippen molar-refractivity contribution in [1.82, 2.24) is 5.32 Å². The highest BCUT2D eigenvalue weighted by Gasteiger charge is 2.29. The van der Waals surface area contributed by atoms with Gasteiger partial charge in [-0.05, 0) is 30.5 Å². The molecular weight excluding hydrogens is 246 g/mol. The van der Waals surface area contributed by atoms with Crippen LogP contribution in [0.2, 0.25) is 5.02 Å². The summed E-state index contributed by atoms with van der Waals surface area (Å²) in [5, 5.41) is 3.63. The fraction of sp³-hybridized carbons (Fsp3) is 0.533. The molecule has 1 amide bonds. The smallest absolute Gasteiger partial charge is 0.220 e. The van der Waals surface area contributed by atoms with Crippen molar-refractivity contribution >= 4 is 17.5 Å². The van der Waals surface area contributed by atoms with E-state index in [1.807, 2.05) is 31.2 Å². The van der Waals surface area contributed by atoms with E-state index in [0.29, 0.717) is 6.42 Å². The van der Waals surface area contributed by atoms with Crippen LogP contribution in [-0.2, 0) is 4.79 Å². The van der Waals surface area contributed by atoms with Crippen molar-refractivity contribution in [3.8, 4) is 0 Å². The van der Waals surface area contributed by atoms with Gasteiger partial charge >= 0.3 is 0 Å². The second-order valence-electron chi connectivity index (χ2n) is 5.45. The van der Waals surface area contributed by atoms with Gasteiger partial charge in [0.15, 0.2) is 0 Å². The Kier molecular flexibility index (Phi) is 5.67. The highest BCUT2D eigenvalue weighted by molar-refractivity contribution is 6.30. The molecule has 1 N–H and O–H groups in total. The molecule has 18 heavy (non-hydrogen) atoms. The van der Waals surface area contributed by atoms with Crippen LogP contribution in [0.3, 0.4) is 0 Å². The molecule has 2 atom stereocenters. The number of rotatable bonds is 1. The number of amides is 1. The fourth-order valence-corrected chi connectivity index (χ4v) is 2.13. The average Bonchev–Trinajstić information content (AvgIpc) is 2.57. The molecule has 0 radical (unpaired) electrons. The maximum absolute atomic E-state index is 11.2. The van der Waals surface area contributed by atoms with Crippen LogP contribution in [0.5, 0.6) is 0 Å². The van der Waals surface area contributed by atoms with Gasteiger partial charge in [0.2, 0.25) is 5.91 Å². The molecule has 1 fully saturated rings. The van der Waals surface area contributed by atoms with Crippen molar-refractivity contribution in [2.75, 3.05) is 0 Å².